The van der Waals surface area contributed by atoms with Crippen molar-refractivity contribution in [2.75, 3.05) is 33.7 Å². The van der Waals surface area contributed by atoms with E-state index in [1.807, 2.05) is 21.0 Å². The highest BCUT2D eigenvalue weighted by atomic mass is 19.3. The first kappa shape index (κ1) is 15.3. The van der Waals surface area contributed by atoms with E-state index in [1.165, 1.54) is 6.08 Å². The smallest absolute Gasteiger partial charge is 0.263 e. The van der Waals surface area contributed by atoms with Crippen LogP contribution in [-0.2, 0) is 0 Å². The molecule has 0 spiro atoms. The first-order chi connectivity index (χ1) is 7.61. The molecule has 0 radical (unpaired) electrons. The second kappa shape index (κ2) is 9.48. The highest BCUT2D eigenvalue weighted by molar-refractivity contribution is 5.21. The molecule has 0 unspecified atom stereocenters. The Morgan fingerprint density at radius 1 is 1.44 bits per heavy atom. The summed E-state index contributed by atoms with van der Waals surface area (Å²) in [7, 11) is 3.86. The first-order valence-corrected chi connectivity index (χ1v) is 5.59. The Kier molecular flexibility index (Phi) is 9.04. The number of hydrogen-bond donors (Lipinski definition) is 1. The van der Waals surface area contributed by atoms with Crippen molar-refractivity contribution in [2.24, 2.45) is 0 Å². The molecule has 1 N–H and O–H groups in total. The molecular formula is C12H22F2N2. The minimum atomic E-state index is -2.38. The maximum absolute atomic E-state index is 12.5. The van der Waals surface area contributed by atoms with Crippen molar-refractivity contribution in [1.29, 1.82) is 0 Å². The summed E-state index contributed by atoms with van der Waals surface area (Å²) in [6, 6.07) is 0. The van der Waals surface area contributed by atoms with Gasteiger partial charge in [0.25, 0.3) is 6.43 Å². The molecular weight excluding hydrogens is 210 g/mol. The summed E-state index contributed by atoms with van der Waals surface area (Å²) < 4.78 is 24.9. The van der Waals surface area contributed by atoms with E-state index in [9.17, 15) is 8.78 Å². The molecule has 0 bridgehead atoms. The number of hydrogen-bond acceptors (Lipinski definition) is 2. The number of nitrogens with one attached hydrogen (secondary N) is 1. The highest BCUT2D eigenvalue weighted by Crippen LogP contribution is 2.10. The quantitative estimate of drug-likeness (QED) is 0.646. The Hall–Kier alpha value is -0.740. The zero-order valence-corrected chi connectivity index (χ0v) is 10.3. The molecule has 0 aromatic rings. The van der Waals surface area contributed by atoms with Crippen LogP contribution >= 0.6 is 0 Å². The largest absolute Gasteiger partial charge is 0.318 e. The Morgan fingerprint density at radius 3 is 2.62 bits per heavy atom. The van der Waals surface area contributed by atoms with Gasteiger partial charge >= 0.3 is 0 Å². The molecule has 0 rings (SSSR count). The third-order valence-corrected chi connectivity index (χ3v) is 2.16. The van der Waals surface area contributed by atoms with E-state index in [2.05, 4.69) is 10.2 Å². The SMILES string of the molecule is CC/C=C(\C=C/CN(C)CCNC)C(F)F. The van der Waals surface area contributed by atoms with Crippen LogP contribution in [0.4, 0.5) is 8.78 Å². The topological polar surface area (TPSA) is 15.3 Å². The average molecular weight is 232 g/mol. The van der Waals surface area contributed by atoms with Gasteiger partial charge in [0, 0.05) is 25.2 Å². The van der Waals surface area contributed by atoms with E-state index in [0.717, 1.165) is 13.1 Å². The van der Waals surface area contributed by atoms with Crippen molar-refractivity contribution in [3.63, 3.8) is 0 Å². The highest BCUT2D eigenvalue weighted by Gasteiger charge is 2.05. The summed E-state index contributed by atoms with van der Waals surface area (Å²) in [6.45, 7) is 4.35. The van der Waals surface area contributed by atoms with E-state index in [4.69, 9.17) is 0 Å². The van der Waals surface area contributed by atoms with Crippen molar-refractivity contribution in [3.05, 3.63) is 23.8 Å². The fraction of sp³-hybridized carbons (Fsp3) is 0.667. The summed E-state index contributed by atoms with van der Waals surface area (Å²) in [6.07, 6.45) is 3.13. The van der Waals surface area contributed by atoms with Crippen LogP contribution in [0.1, 0.15) is 13.3 Å². The van der Waals surface area contributed by atoms with Crippen molar-refractivity contribution in [1.82, 2.24) is 10.2 Å². The number of alkyl halides is 2. The molecule has 0 amide bonds. The minimum Gasteiger partial charge on any atom is -0.318 e. The van der Waals surface area contributed by atoms with E-state index in [1.54, 1.807) is 12.2 Å². The van der Waals surface area contributed by atoms with Crippen LogP contribution < -0.4 is 5.32 Å². The predicted octanol–water partition coefficient (Wildman–Crippen LogP) is 2.30. The molecule has 0 saturated carbocycles. The molecule has 0 aromatic heterocycles. The molecule has 0 aliphatic rings. The molecule has 16 heavy (non-hydrogen) atoms. The molecule has 0 fully saturated rings. The summed E-state index contributed by atoms with van der Waals surface area (Å²) >= 11 is 0. The molecule has 0 heterocycles. The maximum Gasteiger partial charge on any atom is 0.263 e. The Morgan fingerprint density at radius 2 is 2.12 bits per heavy atom. The zero-order valence-electron chi connectivity index (χ0n) is 10.3. The molecule has 4 heteroatoms. The van der Waals surface area contributed by atoms with Gasteiger partial charge in [0.05, 0.1) is 0 Å². The van der Waals surface area contributed by atoms with Gasteiger partial charge in [-0.3, -0.25) is 0 Å². The molecule has 2 nitrogen and oxygen atoms in total. The van der Waals surface area contributed by atoms with Gasteiger partial charge < -0.3 is 10.2 Å². The fourth-order valence-electron chi connectivity index (χ4n) is 1.23. The number of nitrogens with zero attached hydrogens (tertiary/aromatic N) is 1. The molecule has 94 valence electrons. The Labute approximate surface area is 97.0 Å². The lowest BCUT2D eigenvalue weighted by molar-refractivity contribution is 0.193. The van der Waals surface area contributed by atoms with Gasteiger partial charge in [0.2, 0.25) is 0 Å². The summed E-state index contributed by atoms with van der Waals surface area (Å²) in [4.78, 5) is 2.07. The van der Waals surface area contributed by atoms with Crippen LogP contribution in [0.15, 0.2) is 23.8 Å². The van der Waals surface area contributed by atoms with Crippen LogP contribution in [0.5, 0.6) is 0 Å². The van der Waals surface area contributed by atoms with Gasteiger partial charge in [0.15, 0.2) is 0 Å². The summed E-state index contributed by atoms with van der Waals surface area (Å²) in [5.74, 6) is 0. The molecule has 0 aromatic carbocycles. The van der Waals surface area contributed by atoms with Crippen molar-refractivity contribution >= 4 is 0 Å². The standard InChI is InChI=1S/C12H22F2N2/c1-4-6-11(12(13)14)7-5-9-16(3)10-8-15-2/h5-7,12,15H,4,8-10H2,1-3H3/b7-5-,11-6+. The molecule has 0 aliphatic carbocycles. The minimum absolute atomic E-state index is 0.115. The molecule has 0 aliphatic heterocycles. The predicted molar refractivity (Wildman–Crippen MR) is 64.9 cm³/mol. The fourth-order valence-corrected chi connectivity index (χ4v) is 1.23. The van der Waals surface area contributed by atoms with E-state index in [0.29, 0.717) is 13.0 Å². The zero-order chi connectivity index (χ0) is 12.4. The summed E-state index contributed by atoms with van der Waals surface area (Å²) in [5, 5.41) is 3.04. The van der Waals surface area contributed by atoms with E-state index >= 15 is 0 Å². The second-order valence-electron chi connectivity index (χ2n) is 3.68. The Balaban J connectivity index is 4.01. The average Bonchev–Trinajstić information content (AvgIpc) is 2.25. The van der Waals surface area contributed by atoms with Crippen LogP contribution in [0.25, 0.3) is 0 Å². The Bertz CT molecular complexity index is 225. The monoisotopic (exact) mass is 232 g/mol. The van der Waals surface area contributed by atoms with E-state index in [-0.39, 0.29) is 5.57 Å². The third-order valence-electron chi connectivity index (χ3n) is 2.16. The third kappa shape index (κ3) is 7.54. The number of allylic oxidation sites excluding steroid dienone is 3. The van der Waals surface area contributed by atoms with E-state index < -0.39 is 6.43 Å². The van der Waals surface area contributed by atoms with Crippen LogP contribution in [0, 0.1) is 0 Å². The van der Waals surface area contributed by atoms with Crippen molar-refractivity contribution < 1.29 is 8.78 Å². The lowest BCUT2D eigenvalue weighted by atomic mass is 10.2. The lowest BCUT2D eigenvalue weighted by Gasteiger charge is -2.13. The molecule has 0 saturated heterocycles. The van der Waals surface area contributed by atoms with Gasteiger partial charge in [-0.1, -0.05) is 25.2 Å². The van der Waals surface area contributed by atoms with Gasteiger partial charge in [0.1, 0.15) is 0 Å². The number of halogens is 2. The van der Waals surface area contributed by atoms with Crippen molar-refractivity contribution in [2.45, 2.75) is 19.8 Å². The van der Waals surface area contributed by atoms with Crippen molar-refractivity contribution in [3.8, 4) is 0 Å². The second-order valence-corrected chi connectivity index (χ2v) is 3.68. The maximum atomic E-state index is 12.5. The lowest BCUT2D eigenvalue weighted by Crippen LogP contribution is -2.27. The van der Waals surface area contributed by atoms with Gasteiger partial charge in [-0.25, -0.2) is 8.78 Å². The van der Waals surface area contributed by atoms with Gasteiger partial charge in [-0.05, 0) is 20.5 Å². The van der Waals surface area contributed by atoms with Crippen LogP contribution in [-0.4, -0.2) is 45.1 Å². The summed E-state index contributed by atoms with van der Waals surface area (Å²) in [5.41, 5.74) is 0.115. The van der Waals surface area contributed by atoms with Crippen LogP contribution in [0.2, 0.25) is 0 Å². The first-order valence-electron chi connectivity index (χ1n) is 5.59. The molecule has 0 atom stereocenters. The normalized spacial score (nSPS) is 13.3. The van der Waals surface area contributed by atoms with Gasteiger partial charge in [-0.2, -0.15) is 0 Å². The van der Waals surface area contributed by atoms with Gasteiger partial charge in [-0.15, -0.1) is 0 Å². The van der Waals surface area contributed by atoms with Crippen LogP contribution in [0.3, 0.4) is 0 Å². The number of rotatable bonds is 8. The number of likely N-dealkylation sites (N-methyl/N-ethyl adjacent to an activating group) is 2.